The Morgan fingerprint density at radius 1 is 1.50 bits per heavy atom. The number of aliphatic hydroxyl groups excluding tert-OH is 1. The molecule has 1 unspecified atom stereocenters. The van der Waals surface area contributed by atoms with Gasteiger partial charge in [0.15, 0.2) is 0 Å². The predicted octanol–water partition coefficient (Wildman–Crippen LogP) is 2.18. The highest BCUT2D eigenvalue weighted by atomic mass is 35.5. The van der Waals surface area contributed by atoms with Gasteiger partial charge in [-0.25, -0.2) is 0 Å². The molecule has 1 fully saturated rings. The standard InChI is InChI=1S/C15H21ClN2O2/c16-14-9-11(15(17)20)5-6-12(14)10-18-7-1-3-13(18)4-2-8-19/h5-6,9,13,19H,1-4,7-8,10H2,(H2,17,20). The number of hydrogen-bond acceptors (Lipinski definition) is 3. The summed E-state index contributed by atoms with van der Waals surface area (Å²) >= 11 is 6.23. The summed E-state index contributed by atoms with van der Waals surface area (Å²) in [5.41, 5.74) is 6.70. The molecule has 1 aromatic carbocycles. The summed E-state index contributed by atoms with van der Waals surface area (Å²) in [6.07, 6.45) is 4.23. The molecule has 0 bridgehead atoms. The fourth-order valence-corrected chi connectivity index (χ4v) is 3.05. The zero-order valence-corrected chi connectivity index (χ0v) is 12.3. The largest absolute Gasteiger partial charge is 0.396 e. The average molecular weight is 297 g/mol. The fraction of sp³-hybridized carbons (Fsp3) is 0.533. The summed E-state index contributed by atoms with van der Waals surface area (Å²) in [4.78, 5) is 13.5. The van der Waals surface area contributed by atoms with E-state index in [1.165, 1.54) is 12.8 Å². The normalized spacial score (nSPS) is 19.4. The number of amides is 1. The van der Waals surface area contributed by atoms with Crippen molar-refractivity contribution in [1.29, 1.82) is 0 Å². The SMILES string of the molecule is NC(=O)c1ccc(CN2CCCC2CCCO)c(Cl)c1. The summed E-state index contributed by atoms with van der Waals surface area (Å²) in [5, 5.41) is 9.54. The molecule has 0 saturated carbocycles. The van der Waals surface area contributed by atoms with E-state index in [-0.39, 0.29) is 6.61 Å². The highest BCUT2D eigenvalue weighted by molar-refractivity contribution is 6.31. The van der Waals surface area contributed by atoms with E-state index in [1.54, 1.807) is 12.1 Å². The van der Waals surface area contributed by atoms with Crippen LogP contribution in [0.2, 0.25) is 5.02 Å². The van der Waals surface area contributed by atoms with Gasteiger partial charge in [-0.3, -0.25) is 9.69 Å². The van der Waals surface area contributed by atoms with Gasteiger partial charge in [-0.1, -0.05) is 17.7 Å². The zero-order valence-electron chi connectivity index (χ0n) is 11.5. The van der Waals surface area contributed by atoms with Crippen LogP contribution in [0.15, 0.2) is 18.2 Å². The highest BCUT2D eigenvalue weighted by Gasteiger charge is 2.24. The second kappa shape index (κ2) is 7.07. The van der Waals surface area contributed by atoms with Crippen LogP contribution in [-0.2, 0) is 6.54 Å². The molecule has 2 rings (SSSR count). The van der Waals surface area contributed by atoms with Crippen LogP contribution < -0.4 is 5.73 Å². The van der Waals surface area contributed by atoms with Crippen LogP contribution in [0.3, 0.4) is 0 Å². The smallest absolute Gasteiger partial charge is 0.248 e. The molecular weight excluding hydrogens is 276 g/mol. The molecule has 1 aliphatic heterocycles. The Hall–Kier alpha value is -1.10. The van der Waals surface area contributed by atoms with Crippen molar-refractivity contribution < 1.29 is 9.90 Å². The van der Waals surface area contributed by atoms with Gasteiger partial charge in [-0.15, -0.1) is 0 Å². The lowest BCUT2D eigenvalue weighted by atomic mass is 10.1. The minimum Gasteiger partial charge on any atom is -0.396 e. The number of rotatable bonds is 6. The minimum absolute atomic E-state index is 0.248. The summed E-state index contributed by atoms with van der Waals surface area (Å²) < 4.78 is 0. The topological polar surface area (TPSA) is 66.6 Å². The van der Waals surface area contributed by atoms with Crippen LogP contribution in [0, 0.1) is 0 Å². The van der Waals surface area contributed by atoms with Crippen molar-refractivity contribution in [3.63, 3.8) is 0 Å². The van der Waals surface area contributed by atoms with E-state index in [0.29, 0.717) is 16.6 Å². The zero-order chi connectivity index (χ0) is 14.5. The van der Waals surface area contributed by atoms with Crippen LogP contribution in [0.4, 0.5) is 0 Å². The molecule has 1 aliphatic rings. The van der Waals surface area contributed by atoms with E-state index in [4.69, 9.17) is 22.4 Å². The van der Waals surface area contributed by atoms with Gasteiger partial charge in [-0.2, -0.15) is 0 Å². The van der Waals surface area contributed by atoms with Crippen LogP contribution >= 0.6 is 11.6 Å². The maximum Gasteiger partial charge on any atom is 0.248 e. The van der Waals surface area contributed by atoms with Crippen molar-refractivity contribution in [2.24, 2.45) is 5.73 Å². The Balaban J connectivity index is 2.03. The lowest BCUT2D eigenvalue weighted by Crippen LogP contribution is -2.29. The van der Waals surface area contributed by atoms with E-state index in [0.717, 1.165) is 31.5 Å². The quantitative estimate of drug-likeness (QED) is 0.845. The van der Waals surface area contributed by atoms with Gasteiger partial charge >= 0.3 is 0 Å². The average Bonchev–Trinajstić information content (AvgIpc) is 2.85. The second-order valence-corrected chi connectivity index (χ2v) is 5.71. The Kier molecular flexibility index (Phi) is 5.40. The van der Waals surface area contributed by atoms with Gasteiger partial charge in [-0.05, 0) is 49.9 Å². The molecule has 1 aromatic rings. The van der Waals surface area contributed by atoms with Gasteiger partial charge < -0.3 is 10.8 Å². The number of carbonyl (C=O) groups excluding carboxylic acids is 1. The first-order valence-electron chi connectivity index (χ1n) is 7.05. The molecule has 1 heterocycles. The van der Waals surface area contributed by atoms with E-state index in [2.05, 4.69) is 4.90 Å². The maximum atomic E-state index is 11.1. The summed E-state index contributed by atoms with van der Waals surface area (Å²) in [6, 6.07) is 5.76. The maximum absolute atomic E-state index is 11.1. The lowest BCUT2D eigenvalue weighted by molar-refractivity contribution is 0.1000. The van der Waals surface area contributed by atoms with Crippen molar-refractivity contribution in [2.75, 3.05) is 13.2 Å². The lowest BCUT2D eigenvalue weighted by Gasteiger charge is -2.24. The third kappa shape index (κ3) is 3.72. The number of nitrogens with two attached hydrogens (primary N) is 1. The third-order valence-electron chi connectivity index (χ3n) is 3.91. The first kappa shape index (κ1) is 15.3. The predicted molar refractivity (Wildman–Crippen MR) is 79.7 cm³/mol. The molecule has 3 N–H and O–H groups in total. The molecule has 1 amide bonds. The molecule has 1 saturated heterocycles. The van der Waals surface area contributed by atoms with Crippen molar-refractivity contribution in [1.82, 2.24) is 4.90 Å². The van der Waals surface area contributed by atoms with Gasteiger partial charge in [0.1, 0.15) is 0 Å². The molecule has 20 heavy (non-hydrogen) atoms. The van der Waals surface area contributed by atoms with Gasteiger partial charge in [0.05, 0.1) is 0 Å². The second-order valence-electron chi connectivity index (χ2n) is 5.30. The van der Waals surface area contributed by atoms with E-state index < -0.39 is 5.91 Å². The molecule has 4 nitrogen and oxygen atoms in total. The molecule has 0 spiro atoms. The molecule has 110 valence electrons. The summed E-state index contributed by atoms with van der Waals surface area (Å²) in [7, 11) is 0. The number of halogens is 1. The van der Waals surface area contributed by atoms with E-state index in [1.807, 2.05) is 6.07 Å². The van der Waals surface area contributed by atoms with Gasteiger partial charge in [0.2, 0.25) is 5.91 Å². The van der Waals surface area contributed by atoms with Crippen molar-refractivity contribution in [3.8, 4) is 0 Å². The number of likely N-dealkylation sites (tertiary alicyclic amines) is 1. The number of nitrogens with zero attached hydrogens (tertiary/aromatic N) is 1. The summed E-state index contributed by atoms with van der Waals surface area (Å²) in [5.74, 6) is -0.458. The molecule has 0 aromatic heterocycles. The number of carbonyl (C=O) groups is 1. The number of aliphatic hydroxyl groups is 1. The number of benzene rings is 1. The van der Waals surface area contributed by atoms with Crippen molar-refractivity contribution in [2.45, 2.75) is 38.3 Å². The van der Waals surface area contributed by atoms with Crippen LogP contribution in [0.5, 0.6) is 0 Å². The monoisotopic (exact) mass is 296 g/mol. The minimum atomic E-state index is -0.458. The molecule has 0 radical (unpaired) electrons. The third-order valence-corrected chi connectivity index (χ3v) is 4.26. The Labute approximate surface area is 124 Å². The van der Waals surface area contributed by atoms with Crippen molar-refractivity contribution >= 4 is 17.5 Å². The Morgan fingerprint density at radius 3 is 2.95 bits per heavy atom. The number of primary amides is 1. The van der Waals surface area contributed by atoms with Crippen LogP contribution in [-0.4, -0.2) is 35.1 Å². The van der Waals surface area contributed by atoms with Gasteiger partial charge in [0.25, 0.3) is 0 Å². The summed E-state index contributed by atoms with van der Waals surface area (Å²) in [6.45, 7) is 2.09. The molecule has 0 aliphatic carbocycles. The number of hydrogen-bond donors (Lipinski definition) is 2. The highest BCUT2D eigenvalue weighted by Crippen LogP contribution is 2.26. The molecular formula is C15H21ClN2O2. The molecule has 1 atom stereocenters. The first-order valence-corrected chi connectivity index (χ1v) is 7.42. The first-order chi connectivity index (χ1) is 9.61. The van der Waals surface area contributed by atoms with Crippen molar-refractivity contribution in [3.05, 3.63) is 34.3 Å². The van der Waals surface area contributed by atoms with Crippen LogP contribution in [0.25, 0.3) is 0 Å². The Bertz CT molecular complexity index is 479. The fourth-order valence-electron chi connectivity index (χ4n) is 2.80. The molecule has 5 heteroatoms. The van der Waals surface area contributed by atoms with Crippen LogP contribution in [0.1, 0.15) is 41.6 Å². The van der Waals surface area contributed by atoms with Gasteiger partial charge in [0, 0.05) is 29.8 Å². The van der Waals surface area contributed by atoms with E-state index >= 15 is 0 Å². The Morgan fingerprint density at radius 2 is 2.30 bits per heavy atom. The van der Waals surface area contributed by atoms with E-state index in [9.17, 15) is 4.79 Å².